The molecule has 26 heavy (non-hydrogen) atoms. The van der Waals surface area contributed by atoms with Crippen molar-refractivity contribution >= 4 is 5.69 Å². The fraction of sp³-hybridized carbons (Fsp3) is 0.760. The van der Waals surface area contributed by atoms with Crippen LogP contribution in [-0.2, 0) is 0 Å². The fourth-order valence-electron chi connectivity index (χ4n) is 5.99. The average Bonchev–Trinajstić information content (AvgIpc) is 2.85. The van der Waals surface area contributed by atoms with E-state index in [2.05, 4.69) is 71.6 Å². The summed E-state index contributed by atoms with van der Waals surface area (Å²) in [6.07, 6.45) is 8.57. The third kappa shape index (κ3) is 3.56. The van der Waals surface area contributed by atoms with Crippen molar-refractivity contribution in [3.63, 3.8) is 0 Å². The monoisotopic (exact) mass is 355 g/mol. The predicted octanol–water partition coefficient (Wildman–Crippen LogP) is 7.51. The van der Waals surface area contributed by atoms with Crippen LogP contribution in [0.1, 0.15) is 110 Å². The Morgan fingerprint density at radius 1 is 0.885 bits per heavy atom. The lowest BCUT2D eigenvalue weighted by molar-refractivity contribution is 0.151. The molecule has 1 nitrogen and oxygen atoms in total. The highest BCUT2D eigenvalue weighted by Gasteiger charge is 2.50. The first kappa shape index (κ1) is 19.8. The van der Waals surface area contributed by atoms with E-state index >= 15 is 0 Å². The van der Waals surface area contributed by atoms with Gasteiger partial charge in [0.05, 0.1) is 0 Å². The second-order valence-corrected chi connectivity index (χ2v) is 10.7. The summed E-state index contributed by atoms with van der Waals surface area (Å²) in [5, 5.41) is 0. The van der Waals surface area contributed by atoms with Gasteiger partial charge in [0.25, 0.3) is 0 Å². The van der Waals surface area contributed by atoms with Crippen LogP contribution in [0.25, 0.3) is 0 Å². The first-order chi connectivity index (χ1) is 12.2. The maximum absolute atomic E-state index is 2.81. The minimum absolute atomic E-state index is 0.237. The highest BCUT2D eigenvalue weighted by Crippen LogP contribution is 2.53. The zero-order chi connectivity index (χ0) is 19.1. The minimum Gasteiger partial charge on any atom is -0.365 e. The Morgan fingerprint density at radius 2 is 1.42 bits per heavy atom. The van der Waals surface area contributed by atoms with E-state index < -0.39 is 0 Å². The topological polar surface area (TPSA) is 3.24 Å². The van der Waals surface area contributed by atoms with Gasteiger partial charge in [-0.15, -0.1) is 0 Å². The second-order valence-electron chi connectivity index (χ2n) is 10.7. The number of hydrogen-bond acceptors (Lipinski definition) is 1. The van der Waals surface area contributed by atoms with E-state index in [0.717, 1.165) is 5.92 Å². The highest BCUT2D eigenvalue weighted by atomic mass is 15.2. The van der Waals surface area contributed by atoms with Gasteiger partial charge in [-0.1, -0.05) is 72.1 Å². The third-order valence-corrected chi connectivity index (χ3v) is 7.29. The molecule has 1 unspecified atom stereocenters. The van der Waals surface area contributed by atoms with Crippen molar-refractivity contribution in [2.75, 3.05) is 11.4 Å². The molecule has 0 radical (unpaired) electrons. The second kappa shape index (κ2) is 7.21. The number of rotatable bonds is 4. The molecule has 1 atom stereocenters. The lowest BCUT2D eigenvalue weighted by Gasteiger charge is -2.38. The minimum atomic E-state index is 0.237. The summed E-state index contributed by atoms with van der Waals surface area (Å²) in [6, 6.07) is 7.02. The Morgan fingerprint density at radius 3 is 1.92 bits per heavy atom. The van der Waals surface area contributed by atoms with Crippen molar-refractivity contribution in [3.8, 4) is 0 Å². The van der Waals surface area contributed by atoms with Gasteiger partial charge < -0.3 is 4.90 Å². The Balaban J connectivity index is 2.03. The number of hydrogen-bond donors (Lipinski definition) is 0. The van der Waals surface area contributed by atoms with Crippen molar-refractivity contribution in [2.45, 2.75) is 104 Å². The molecule has 1 aliphatic carbocycles. The molecular weight excluding hydrogens is 314 g/mol. The molecule has 1 heterocycles. The van der Waals surface area contributed by atoms with Gasteiger partial charge in [-0.3, -0.25) is 0 Å². The molecule has 146 valence electrons. The molecule has 3 rings (SSSR count). The fourth-order valence-corrected chi connectivity index (χ4v) is 5.99. The maximum atomic E-state index is 2.81. The van der Waals surface area contributed by atoms with Gasteiger partial charge in [0, 0.05) is 17.8 Å². The van der Waals surface area contributed by atoms with E-state index in [9.17, 15) is 0 Å². The van der Waals surface area contributed by atoms with Gasteiger partial charge in [0.2, 0.25) is 0 Å². The number of para-hydroxylation sites is 1. The summed E-state index contributed by atoms with van der Waals surface area (Å²) in [7, 11) is 0. The van der Waals surface area contributed by atoms with Crippen LogP contribution >= 0.6 is 0 Å². The largest absolute Gasteiger partial charge is 0.365 e. The molecule has 1 aromatic rings. The molecule has 2 aliphatic rings. The summed E-state index contributed by atoms with van der Waals surface area (Å²) >= 11 is 0. The average molecular weight is 356 g/mol. The molecule has 0 bridgehead atoms. The first-order valence-corrected chi connectivity index (χ1v) is 11.1. The van der Waals surface area contributed by atoms with Crippen molar-refractivity contribution in [3.05, 3.63) is 29.3 Å². The molecule has 1 heteroatoms. The summed E-state index contributed by atoms with van der Waals surface area (Å²) in [5.74, 6) is 2.05. The molecule has 0 aromatic heterocycles. The molecule has 1 aromatic carbocycles. The highest BCUT2D eigenvalue weighted by molar-refractivity contribution is 5.64. The zero-order valence-electron chi connectivity index (χ0n) is 18.4. The maximum Gasteiger partial charge on any atom is 0.0441 e. The van der Waals surface area contributed by atoms with Crippen LogP contribution in [0.3, 0.4) is 0 Å². The quantitative estimate of drug-likeness (QED) is 0.540. The Labute approximate surface area is 162 Å². The third-order valence-electron chi connectivity index (χ3n) is 7.29. The van der Waals surface area contributed by atoms with Crippen LogP contribution in [0, 0.1) is 11.3 Å². The van der Waals surface area contributed by atoms with Gasteiger partial charge in [0.15, 0.2) is 0 Å². The zero-order valence-corrected chi connectivity index (χ0v) is 18.4. The van der Waals surface area contributed by atoms with Gasteiger partial charge in [0.1, 0.15) is 0 Å². The van der Waals surface area contributed by atoms with Gasteiger partial charge in [-0.2, -0.15) is 0 Å². The van der Waals surface area contributed by atoms with Crippen LogP contribution in [-0.4, -0.2) is 12.1 Å². The van der Waals surface area contributed by atoms with Crippen molar-refractivity contribution in [2.24, 2.45) is 11.3 Å². The molecule has 1 saturated carbocycles. The molecule has 0 N–H and O–H groups in total. The molecular formula is C25H41N. The van der Waals surface area contributed by atoms with E-state index in [1.807, 2.05) is 0 Å². The van der Waals surface area contributed by atoms with Gasteiger partial charge in [-0.25, -0.2) is 0 Å². The molecule has 1 saturated heterocycles. The number of nitrogens with zero attached hydrogens (tertiary/aromatic N) is 1. The Hall–Kier alpha value is -0.980. The lowest BCUT2D eigenvalue weighted by Crippen LogP contribution is -2.40. The van der Waals surface area contributed by atoms with Crippen LogP contribution in [0.15, 0.2) is 18.2 Å². The summed E-state index contributed by atoms with van der Waals surface area (Å²) in [4.78, 5) is 2.81. The number of anilines is 1. The molecule has 0 spiro atoms. The van der Waals surface area contributed by atoms with Crippen LogP contribution < -0.4 is 4.90 Å². The van der Waals surface area contributed by atoms with E-state index in [4.69, 9.17) is 0 Å². The standard InChI is InChI=1S/C25H41N/c1-18(2)21-14-11-15-22(19(3)4)23(21)26-17-25(7,16-24(26,5)6)20-12-9-8-10-13-20/h11,14-15,18-20H,8-10,12-13,16-17H2,1-7H3. The normalized spacial score (nSPS) is 26.9. The van der Waals surface area contributed by atoms with Gasteiger partial charge in [-0.05, 0) is 67.4 Å². The Kier molecular flexibility index (Phi) is 5.48. The van der Waals surface area contributed by atoms with Crippen LogP contribution in [0.4, 0.5) is 5.69 Å². The summed E-state index contributed by atoms with van der Waals surface area (Å²) < 4.78 is 0. The van der Waals surface area contributed by atoms with Crippen LogP contribution in [0.5, 0.6) is 0 Å². The van der Waals surface area contributed by atoms with E-state index in [1.54, 1.807) is 5.69 Å². The molecule has 1 aliphatic heterocycles. The SMILES string of the molecule is CC(C)c1cccc(C(C)C)c1N1CC(C)(C2CCCCC2)CC1(C)C. The van der Waals surface area contributed by atoms with Crippen molar-refractivity contribution < 1.29 is 0 Å². The summed E-state index contributed by atoms with van der Waals surface area (Å²) in [6.45, 7) is 18.2. The lowest BCUT2D eigenvalue weighted by atomic mass is 9.67. The predicted molar refractivity (Wildman–Crippen MR) is 115 cm³/mol. The number of benzene rings is 1. The smallest absolute Gasteiger partial charge is 0.0441 e. The molecule has 2 fully saturated rings. The van der Waals surface area contributed by atoms with E-state index in [0.29, 0.717) is 17.3 Å². The van der Waals surface area contributed by atoms with Crippen LogP contribution in [0.2, 0.25) is 0 Å². The van der Waals surface area contributed by atoms with Crippen molar-refractivity contribution in [1.29, 1.82) is 0 Å². The van der Waals surface area contributed by atoms with E-state index in [-0.39, 0.29) is 5.54 Å². The van der Waals surface area contributed by atoms with E-state index in [1.165, 1.54) is 56.2 Å². The first-order valence-electron chi connectivity index (χ1n) is 11.1. The van der Waals surface area contributed by atoms with Crippen molar-refractivity contribution in [1.82, 2.24) is 0 Å². The van der Waals surface area contributed by atoms with Gasteiger partial charge >= 0.3 is 0 Å². The summed E-state index contributed by atoms with van der Waals surface area (Å²) in [5.41, 5.74) is 5.33. The Bertz CT molecular complexity index is 595. The molecule has 0 amide bonds.